The Kier molecular flexibility index (Phi) is 5.48. The molecule has 1 aliphatic heterocycles. The summed E-state index contributed by atoms with van der Waals surface area (Å²) in [6.07, 6.45) is 4.21. The van der Waals surface area contributed by atoms with Crippen LogP contribution < -0.4 is 5.30 Å². The van der Waals surface area contributed by atoms with E-state index in [1.165, 1.54) is 6.07 Å². The van der Waals surface area contributed by atoms with Gasteiger partial charge in [-0.15, -0.1) is 0 Å². The lowest BCUT2D eigenvalue weighted by atomic mass is 9.81. The highest BCUT2D eigenvalue weighted by molar-refractivity contribution is 7.61. The van der Waals surface area contributed by atoms with E-state index in [0.717, 1.165) is 29.7 Å². The molecule has 170 valence electrons. The van der Waals surface area contributed by atoms with Gasteiger partial charge in [-0.3, -0.25) is 14.2 Å². The van der Waals surface area contributed by atoms with Gasteiger partial charge in [0.25, 0.3) is 0 Å². The second kappa shape index (κ2) is 8.21. The van der Waals surface area contributed by atoms with Crippen molar-refractivity contribution in [2.24, 2.45) is 0 Å². The van der Waals surface area contributed by atoms with Gasteiger partial charge in [-0.25, -0.2) is 0 Å². The fourth-order valence-corrected chi connectivity index (χ4v) is 6.39. The zero-order chi connectivity index (χ0) is 23.3. The van der Waals surface area contributed by atoms with Crippen LogP contribution >= 0.6 is 7.60 Å². The van der Waals surface area contributed by atoms with Gasteiger partial charge >= 0.3 is 7.60 Å². The Hall–Kier alpha value is -2.79. The minimum Gasteiger partial charge on any atom is -0.345 e. The van der Waals surface area contributed by atoms with Crippen LogP contribution in [0.2, 0.25) is 0 Å². The average molecular weight is 463 g/mol. The molecular weight excluding hydrogens is 437 g/mol. The highest BCUT2D eigenvalue weighted by Gasteiger charge is 2.41. The molecule has 1 aromatic heterocycles. The number of carbonyl (C=O) groups is 2. The zero-order valence-corrected chi connectivity index (χ0v) is 19.6. The molecule has 7 heteroatoms. The molecule has 0 saturated carbocycles. The van der Waals surface area contributed by atoms with Gasteiger partial charge in [0.15, 0.2) is 11.6 Å². The number of hydrogen-bond acceptors (Lipinski definition) is 4. The van der Waals surface area contributed by atoms with Gasteiger partial charge in [0, 0.05) is 35.5 Å². The van der Waals surface area contributed by atoms with Crippen LogP contribution in [0.4, 0.5) is 0 Å². The lowest BCUT2D eigenvalue weighted by Crippen LogP contribution is -2.28. The van der Waals surface area contributed by atoms with Crippen LogP contribution in [0.25, 0.3) is 0 Å². The molecule has 33 heavy (non-hydrogen) atoms. The van der Waals surface area contributed by atoms with Crippen molar-refractivity contribution in [1.82, 2.24) is 4.57 Å². The summed E-state index contributed by atoms with van der Waals surface area (Å²) in [5.41, 5.74) is 3.97. The third-order valence-electron chi connectivity index (χ3n) is 6.70. The highest BCUT2D eigenvalue weighted by Crippen LogP contribution is 2.46. The molecule has 1 aliphatic carbocycles. The van der Waals surface area contributed by atoms with E-state index in [2.05, 4.69) is 12.1 Å². The van der Waals surface area contributed by atoms with Crippen molar-refractivity contribution in [3.8, 4) is 0 Å². The molecule has 2 unspecified atom stereocenters. The van der Waals surface area contributed by atoms with E-state index in [1.54, 1.807) is 18.3 Å². The monoisotopic (exact) mass is 463 g/mol. The third-order valence-corrected chi connectivity index (χ3v) is 8.21. The Morgan fingerprint density at radius 3 is 2.58 bits per heavy atom. The number of benzene rings is 2. The first-order valence-electron chi connectivity index (χ1n) is 11.4. The predicted octanol–water partition coefficient (Wildman–Crippen LogP) is 4.79. The van der Waals surface area contributed by atoms with Crippen LogP contribution in [-0.2, 0) is 15.6 Å². The molecule has 5 rings (SSSR count). The summed E-state index contributed by atoms with van der Waals surface area (Å²) in [5, 5.41) is -0.0963. The molecule has 0 spiro atoms. The first-order chi connectivity index (χ1) is 15.8. The van der Waals surface area contributed by atoms with E-state index in [4.69, 9.17) is 4.52 Å². The Bertz CT molecular complexity index is 1340. The first kappa shape index (κ1) is 22.0. The maximum Gasteiger partial charge on any atom is 0.359 e. The summed E-state index contributed by atoms with van der Waals surface area (Å²) in [6.45, 7) is 4.77. The number of rotatable bonds is 6. The second-order valence-electron chi connectivity index (χ2n) is 8.77. The maximum absolute atomic E-state index is 13.6. The van der Waals surface area contributed by atoms with Gasteiger partial charge < -0.3 is 14.0 Å². The fraction of sp³-hybridized carbons (Fsp3) is 0.308. The van der Waals surface area contributed by atoms with Crippen LogP contribution in [-0.4, -0.2) is 27.6 Å². The molecule has 0 amide bonds. The summed E-state index contributed by atoms with van der Waals surface area (Å²) in [6, 6.07) is 12.6. The van der Waals surface area contributed by atoms with Crippen molar-refractivity contribution in [3.05, 3.63) is 87.7 Å². The van der Waals surface area contributed by atoms with Crippen LogP contribution in [0.15, 0.2) is 48.7 Å². The summed E-state index contributed by atoms with van der Waals surface area (Å²) >= 11 is 0. The standard InChI is InChI=1S/C26H26NO5P/c1-3-4-7-13-32-33(30,31)21-12-8-11-19-22(21)26(29)20-15-27-14-17-9-5-6-10-18(17)16(2)24(27)23(20)25(19)28/h5-6,8-12,15-16H,3-4,7,13-14H2,1-2H3,(H,30,31). The molecule has 0 bridgehead atoms. The molecule has 3 aromatic rings. The topological polar surface area (TPSA) is 85.6 Å². The molecule has 2 aliphatic rings. The van der Waals surface area contributed by atoms with E-state index in [1.807, 2.05) is 30.5 Å². The molecule has 0 fully saturated rings. The number of fused-ring (bicyclic) bond motifs is 5. The van der Waals surface area contributed by atoms with E-state index < -0.39 is 13.4 Å². The van der Waals surface area contributed by atoms with Crippen molar-refractivity contribution in [1.29, 1.82) is 0 Å². The van der Waals surface area contributed by atoms with Gasteiger partial charge in [0.1, 0.15) is 0 Å². The van der Waals surface area contributed by atoms with Gasteiger partial charge in [0.05, 0.1) is 23.0 Å². The Labute approximate surface area is 192 Å². The predicted molar refractivity (Wildman–Crippen MR) is 126 cm³/mol. The molecule has 0 saturated heterocycles. The van der Waals surface area contributed by atoms with Gasteiger partial charge in [-0.05, 0) is 23.6 Å². The Morgan fingerprint density at radius 2 is 1.79 bits per heavy atom. The van der Waals surface area contributed by atoms with Crippen molar-refractivity contribution < 1.29 is 23.6 Å². The van der Waals surface area contributed by atoms with Gasteiger partial charge in [-0.1, -0.05) is 63.1 Å². The second-order valence-corrected chi connectivity index (χ2v) is 10.6. The zero-order valence-electron chi connectivity index (χ0n) is 18.7. The van der Waals surface area contributed by atoms with Crippen LogP contribution in [0.5, 0.6) is 0 Å². The number of ketones is 2. The number of aromatic nitrogens is 1. The average Bonchev–Trinajstić information content (AvgIpc) is 3.20. The largest absolute Gasteiger partial charge is 0.359 e. The molecule has 1 N–H and O–H groups in total. The maximum atomic E-state index is 13.6. The Balaban J connectivity index is 1.59. The summed E-state index contributed by atoms with van der Waals surface area (Å²) in [7, 11) is -4.27. The normalized spacial score (nSPS) is 18.2. The van der Waals surface area contributed by atoms with Crippen molar-refractivity contribution >= 4 is 24.5 Å². The third kappa shape index (κ3) is 3.45. The first-order valence-corrected chi connectivity index (χ1v) is 12.9. The molecule has 2 atom stereocenters. The SMILES string of the molecule is CCCCCOP(=O)(O)c1cccc2c1C(=O)c1cn3c(c1C2=O)C(C)c1ccccc1C3. The van der Waals surface area contributed by atoms with Crippen LogP contribution in [0.1, 0.15) is 87.7 Å². The van der Waals surface area contributed by atoms with Crippen molar-refractivity contribution in [2.75, 3.05) is 6.61 Å². The number of hydrogen-bond donors (Lipinski definition) is 1. The highest BCUT2D eigenvalue weighted by atomic mass is 31.2. The van der Waals surface area contributed by atoms with Crippen LogP contribution in [0, 0.1) is 0 Å². The summed E-state index contributed by atoms with van der Waals surface area (Å²) < 4.78 is 20.4. The smallest absolute Gasteiger partial charge is 0.345 e. The van der Waals surface area contributed by atoms with E-state index in [0.29, 0.717) is 24.1 Å². The lowest BCUT2D eigenvalue weighted by Gasteiger charge is -2.27. The molecule has 6 nitrogen and oxygen atoms in total. The van der Waals surface area contributed by atoms with E-state index in [9.17, 15) is 19.0 Å². The minimum absolute atomic E-state index is 0.00978. The van der Waals surface area contributed by atoms with Gasteiger partial charge in [-0.2, -0.15) is 0 Å². The Morgan fingerprint density at radius 1 is 1.03 bits per heavy atom. The van der Waals surface area contributed by atoms with Crippen molar-refractivity contribution in [2.45, 2.75) is 45.6 Å². The number of carbonyl (C=O) groups excluding carboxylic acids is 2. The summed E-state index contributed by atoms with van der Waals surface area (Å²) in [5.74, 6) is -0.738. The molecule has 2 aromatic carbocycles. The fourth-order valence-electron chi connectivity index (χ4n) is 5.09. The van der Waals surface area contributed by atoms with Crippen molar-refractivity contribution in [3.63, 3.8) is 0 Å². The van der Waals surface area contributed by atoms with E-state index in [-0.39, 0.29) is 34.7 Å². The number of unbranched alkanes of at least 4 members (excludes halogenated alkanes) is 2. The number of nitrogens with zero attached hydrogens (tertiary/aromatic N) is 1. The molecule has 2 heterocycles. The quantitative estimate of drug-likeness (QED) is 0.328. The minimum atomic E-state index is -4.27. The van der Waals surface area contributed by atoms with E-state index >= 15 is 0 Å². The summed E-state index contributed by atoms with van der Waals surface area (Å²) in [4.78, 5) is 38.0. The molecule has 0 radical (unpaired) electrons. The molecular formula is C26H26NO5P. The lowest BCUT2D eigenvalue weighted by molar-refractivity contribution is 0.0980. The van der Waals surface area contributed by atoms with Gasteiger partial charge in [0.2, 0.25) is 0 Å². The van der Waals surface area contributed by atoms with Crippen LogP contribution in [0.3, 0.4) is 0 Å².